The normalized spacial score (nSPS) is 11.4. The fraction of sp³-hybridized carbons (Fsp3) is 0.0435. The third-order valence-corrected chi connectivity index (χ3v) is 9.62. The maximum absolute atomic E-state index is 4.87. The van der Waals surface area contributed by atoms with E-state index in [-0.39, 0.29) is 0 Å². The molecule has 3 heteroatoms. The number of aryl methyl sites for hydroxylation is 1. The van der Waals surface area contributed by atoms with Gasteiger partial charge in [0.1, 0.15) is 5.82 Å². The first-order valence-electron chi connectivity index (χ1n) is 16.9. The molecule has 9 aromatic rings. The third-order valence-electron chi connectivity index (χ3n) is 9.62. The van der Waals surface area contributed by atoms with Crippen LogP contribution in [-0.2, 0) is 6.42 Å². The van der Waals surface area contributed by atoms with Crippen LogP contribution in [0.2, 0.25) is 0 Å². The van der Waals surface area contributed by atoms with E-state index in [0.29, 0.717) is 0 Å². The molecule has 3 nitrogen and oxygen atoms in total. The number of pyridine rings is 1. The summed E-state index contributed by atoms with van der Waals surface area (Å²) in [6.45, 7) is 2.16. The molecule has 0 saturated heterocycles. The monoisotopic (exact) mass is 627 g/mol. The topological polar surface area (TPSA) is 30.7 Å². The van der Waals surface area contributed by atoms with Crippen LogP contribution in [0.5, 0.6) is 0 Å². The molecule has 0 saturated carbocycles. The van der Waals surface area contributed by atoms with Crippen molar-refractivity contribution in [2.75, 3.05) is 0 Å². The standard InChI is InChI=1S/C46H33N3/c1-2-44-48-42-19-7-8-20-43(42)49(44)36-27-25-32(26-28-36)31-21-23-33(24-22-31)45-37-14-3-5-16-39(37)46(40-17-6-4-15-38(40)45)35-13-11-12-34(30-35)41-18-9-10-29-47-41/h3-30H,2H2,1H3. The minimum atomic E-state index is 0.875. The molecule has 0 aliphatic carbocycles. The average Bonchev–Trinajstić information content (AvgIpc) is 3.56. The Balaban J connectivity index is 1.13. The van der Waals surface area contributed by atoms with E-state index in [4.69, 9.17) is 4.98 Å². The zero-order valence-corrected chi connectivity index (χ0v) is 27.2. The molecule has 2 heterocycles. The van der Waals surface area contributed by atoms with Crippen LogP contribution in [0.15, 0.2) is 170 Å². The number of imidazole rings is 1. The highest BCUT2D eigenvalue weighted by Crippen LogP contribution is 2.44. The van der Waals surface area contributed by atoms with Crippen molar-refractivity contribution in [2.45, 2.75) is 13.3 Å². The molecule has 0 atom stereocenters. The molecule has 0 spiro atoms. The van der Waals surface area contributed by atoms with Gasteiger partial charge in [-0.1, -0.05) is 128 Å². The zero-order valence-electron chi connectivity index (χ0n) is 27.2. The van der Waals surface area contributed by atoms with Crippen LogP contribution in [-0.4, -0.2) is 14.5 Å². The molecular formula is C46H33N3. The SMILES string of the molecule is CCc1nc2ccccc2n1-c1ccc(-c2ccc(-c3c4ccccc4c(-c4cccc(-c5ccccn5)c4)c4ccccc34)cc2)cc1. The summed E-state index contributed by atoms with van der Waals surface area (Å²) in [7, 11) is 0. The minimum absolute atomic E-state index is 0.875. The van der Waals surface area contributed by atoms with E-state index in [1.807, 2.05) is 18.3 Å². The first-order valence-corrected chi connectivity index (χ1v) is 16.9. The largest absolute Gasteiger partial charge is 0.296 e. The van der Waals surface area contributed by atoms with Gasteiger partial charge < -0.3 is 0 Å². The van der Waals surface area contributed by atoms with Crippen molar-refractivity contribution in [3.8, 4) is 50.3 Å². The second kappa shape index (κ2) is 12.0. The van der Waals surface area contributed by atoms with Gasteiger partial charge in [-0.25, -0.2) is 4.98 Å². The fourth-order valence-corrected chi connectivity index (χ4v) is 7.35. The van der Waals surface area contributed by atoms with E-state index in [1.165, 1.54) is 54.9 Å². The Labute approximate surface area is 285 Å². The van der Waals surface area contributed by atoms with Crippen LogP contribution in [0, 0.1) is 0 Å². The predicted molar refractivity (Wildman–Crippen MR) is 205 cm³/mol. The van der Waals surface area contributed by atoms with Gasteiger partial charge in [0.15, 0.2) is 0 Å². The molecule has 232 valence electrons. The Bertz CT molecular complexity index is 2560. The number of aromatic nitrogens is 3. The Hall–Kier alpha value is -6.32. The molecule has 0 amide bonds. The molecule has 0 bridgehead atoms. The Morgan fingerprint density at radius 3 is 1.65 bits per heavy atom. The van der Waals surface area contributed by atoms with Crippen LogP contribution in [0.1, 0.15) is 12.7 Å². The Morgan fingerprint density at radius 1 is 0.469 bits per heavy atom. The number of para-hydroxylation sites is 2. The van der Waals surface area contributed by atoms with Gasteiger partial charge in [0.05, 0.1) is 16.7 Å². The van der Waals surface area contributed by atoms with Gasteiger partial charge in [-0.15, -0.1) is 0 Å². The molecule has 0 aliphatic heterocycles. The first-order chi connectivity index (χ1) is 24.3. The lowest BCUT2D eigenvalue weighted by molar-refractivity contribution is 0.908. The maximum Gasteiger partial charge on any atom is 0.114 e. The second-order valence-corrected chi connectivity index (χ2v) is 12.5. The molecule has 49 heavy (non-hydrogen) atoms. The van der Waals surface area contributed by atoms with Crippen molar-refractivity contribution in [3.05, 3.63) is 176 Å². The number of benzene rings is 7. The quantitative estimate of drug-likeness (QED) is 0.172. The maximum atomic E-state index is 4.87. The summed E-state index contributed by atoms with van der Waals surface area (Å²) in [5.41, 5.74) is 12.7. The van der Waals surface area contributed by atoms with Gasteiger partial charge >= 0.3 is 0 Å². The first kappa shape index (κ1) is 28.9. The minimum Gasteiger partial charge on any atom is -0.296 e. The number of hydrogen-bond donors (Lipinski definition) is 0. The average molecular weight is 628 g/mol. The van der Waals surface area contributed by atoms with Crippen molar-refractivity contribution < 1.29 is 0 Å². The second-order valence-electron chi connectivity index (χ2n) is 12.5. The fourth-order valence-electron chi connectivity index (χ4n) is 7.35. The molecule has 0 radical (unpaired) electrons. The smallest absolute Gasteiger partial charge is 0.114 e. The predicted octanol–water partition coefficient (Wildman–Crippen LogP) is 12.0. The van der Waals surface area contributed by atoms with Gasteiger partial charge in [0.2, 0.25) is 0 Å². The van der Waals surface area contributed by atoms with Crippen LogP contribution in [0.4, 0.5) is 0 Å². The van der Waals surface area contributed by atoms with E-state index < -0.39 is 0 Å². The van der Waals surface area contributed by atoms with Crippen molar-refractivity contribution >= 4 is 32.6 Å². The summed E-state index contributed by atoms with van der Waals surface area (Å²) in [5, 5.41) is 4.98. The molecule has 0 unspecified atom stereocenters. The molecule has 2 aromatic heterocycles. The van der Waals surface area contributed by atoms with E-state index in [9.17, 15) is 0 Å². The van der Waals surface area contributed by atoms with Crippen LogP contribution >= 0.6 is 0 Å². The number of fused-ring (bicyclic) bond motifs is 3. The van der Waals surface area contributed by atoms with Crippen molar-refractivity contribution in [3.63, 3.8) is 0 Å². The number of rotatable bonds is 6. The Morgan fingerprint density at radius 2 is 1.02 bits per heavy atom. The van der Waals surface area contributed by atoms with Gasteiger partial charge in [-0.05, 0) is 97.4 Å². The number of hydrogen-bond acceptors (Lipinski definition) is 2. The summed E-state index contributed by atoms with van der Waals surface area (Å²) in [4.78, 5) is 9.49. The van der Waals surface area contributed by atoms with Gasteiger partial charge in [0, 0.05) is 23.9 Å². The van der Waals surface area contributed by atoms with Gasteiger partial charge in [-0.3, -0.25) is 9.55 Å². The molecule has 9 rings (SSSR count). The lowest BCUT2D eigenvalue weighted by atomic mass is 9.85. The van der Waals surface area contributed by atoms with Crippen LogP contribution < -0.4 is 0 Å². The lowest BCUT2D eigenvalue weighted by Crippen LogP contribution is -1.99. The van der Waals surface area contributed by atoms with Gasteiger partial charge in [-0.2, -0.15) is 0 Å². The summed E-state index contributed by atoms with van der Waals surface area (Å²) in [6, 6.07) is 58.8. The van der Waals surface area contributed by atoms with E-state index in [1.54, 1.807) is 0 Å². The van der Waals surface area contributed by atoms with E-state index in [2.05, 4.69) is 168 Å². The van der Waals surface area contributed by atoms with E-state index in [0.717, 1.165) is 40.2 Å². The highest BCUT2D eigenvalue weighted by Gasteiger charge is 2.17. The summed E-state index contributed by atoms with van der Waals surface area (Å²) in [5.74, 6) is 1.07. The summed E-state index contributed by atoms with van der Waals surface area (Å²) >= 11 is 0. The van der Waals surface area contributed by atoms with Crippen LogP contribution in [0.3, 0.4) is 0 Å². The molecule has 7 aromatic carbocycles. The molecule has 0 aliphatic rings. The number of nitrogens with zero attached hydrogens (tertiary/aromatic N) is 3. The lowest BCUT2D eigenvalue weighted by Gasteiger charge is -2.18. The summed E-state index contributed by atoms with van der Waals surface area (Å²) < 4.78 is 2.27. The van der Waals surface area contributed by atoms with Crippen molar-refractivity contribution in [2.24, 2.45) is 0 Å². The Kier molecular flexibility index (Phi) is 7.09. The highest BCUT2D eigenvalue weighted by atomic mass is 15.1. The zero-order chi connectivity index (χ0) is 32.7. The molecule has 0 fully saturated rings. The molecule has 0 N–H and O–H groups in total. The van der Waals surface area contributed by atoms with Gasteiger partial charge in [0.25, 0.3) is 0 Å². The highest BCUT2D eigenvalue weighted by molar-refractivity contribution is 6.21. The van der Waals surface area contributed by atoms with Crippen molar-refractivity contribution in [1.29, 1.82) is 0 Å². The summed E-state index contributed by atoms with van der Waals surface area (Å²) in [6.07, 6.45) is 2.73. The van der Waals surface area contributed by atoms with Crippen molar-refractivity contribution in [1.82, 2.24) is 14.5 Å². The van der Waals surface area contributed by atoms with Crippen LogP contribution in [0.25, 0.3) is 82.9 Å². The molecular weight excluding hydrogens is 595 g/mol. The third kappa shape index (κ3) is 4.99. The van der Waals surface area contributed by atoms with E-state index >= 15 is 0 Å².